The predicted molar refractivity (Wildman–Crippen MR) is 75.4 cm³/mol. The van der Waals surface area contributed by atoms with E-state index in [1.807, 2.05) is 6.26 Å². The quantitative estimate of drug-likeness (QED) is 0.870. The fourth-order valence-electron chi connectivity index (χ4n) is 1.49. The number of thioether (sulfide) groups is 1. The molecule has 0 aliphatic rings. The van der Waals surface area contributed by atoms with E-state index in [0.717, 1.165) is 0 Å². The number of hydrogen-bond acceptors (Lipinski definition) is 3. The normalized spacial score (nSPS) is 10.1. The molecule has 5 heteroatoms. The van der Waals surface area contributed by atoms with Crippen LogP contribution in [0.15, 0.2) is 47.6 Å². The van der Waals surface area contributed by atoms with Crippen molar-refractivity contribution >= 4 is 35.0 Å². The molecule has 2 rings (SSSR count). The molecule has 3 nitrogen and oxygen atoms in total. The molecule has 0 unspecified atom stereocenters. The van der Waals surface area contributed by atoms with Gasteiger partial charge in [-0.3, -0.25) is 4.79 Å². The molecular formula is C13H11ClN2OS. The van der Waals surface area contributed by atoms with E-state index in [-0.39, 0.29) is 5.91 Å². The van der Waals surface area contributed by atoms with Crippen LogP contribution in [-0.2, 0) is 0 Å². The maximum Gasteiger partial charge on any atom is 0.258 e. The van der Waals surface area contributed by atoms with Crippen molar-refractivity contribution in [3.8, 4) is 0 Å². The van der Waals surface area contributed by atoms with Crippen LogP contribution >= 0.6 is 23.4 Å². The molecule has 0 aliphatic carbocycles. The number of halogens is 1. The topological polar surface area (TPSA) is 42.0 Å². The van der Waals surface area contributed by atoms with Crippen molar-refractivity contribution in [1.29, 1.82) is 0 Å². The van der Waals surface area contributed by atoms with Gasteiger partial charge in [-0.05, 0) is 36.6 Å². The van der Waals surface area contributed by atoms with Crippen molar-refractivity contribution in [2.75, 3.05) is 11.6 Å². The molecule has 0 aliphatic heterocycles. The number of rotatable bonds is 3. The number of hydrogen-bond donors (Lipinski definition) is 1. The van der Waals surface area contributed by atoms with Crippen LogP contribution in [0, 0.1) is 0 Å². The Balaban J connectivity index is 2.22. The van der Waals surface area contributed by atoms with Crippen LogP contribution in [0.3, 0.4) is 0 Å². The van der Waals surface area contributed by atoms with Crippen molar-refractivity contribution < 1.29 is 4.79 Å². The molecule has 1 aromatic heterocycles. The van der Waals surface area contributed by atoms with Gasteiger partial charge in [-0.15, -0.1) is 11.8 Å². The summed E-state index contributed by atoms with van der Waals surface area (Å²) in [7, 11) is 0. The van der Waals surface area contributed by atoms with Gasteiger partial charge in [0.25, 0.3) is 5.91 Å². The monoisotopic (exact) mass is 278 g/mol. The maximum absolute atomic E-state index is 12.1. The van der Waals surface area contributed by atoms with Crippen molar-refractivity contribution in [3.63, 3.8) is 0 Å². The minimum absolute atomic E-state index is 0.185. The summed E-state index contributed by atoms with van der Waals surface area (Å²) >= 11 is 7.30. The zero-order chi connectivity index (χ0) is 13.0. The van der Waals surface area contributed by atoms with Crippen LogP contribution in [0.4, 0.5) is 5.69 Å². The lowest BCUT2D eigenvalue weighted by Crippen LogP contribution is -2.13. The van der Waals surface area contributed by atoms with Gasteiger partial charge in [0.1, 0.15) is 5.03 Å². The Morgan fingerprint density at radius 1 is 1.33 bits per heavy atom. The highest BCUT2D eigenvalue weighted by Crippen LogP contribution is 2.20. The van der Waals surface area contributed by atoms with E-state index in [1.54, 1.807) is 42.6 Å². The Labute approximate surface area is 115 Å². The van der Waals surface area contributed by atoms with Crippen molar-refractivity contribution in [1.82, 2.24) is 4.98 Å². The van der Waals surface area contributed by atoms with Gasteiger partial charge in [0.05, 0.1) is 5.56 Å². The molecule has 1 amide bonds. The number of pyridine rings is 1. The van der Waals surface area contributed by atoms with Crippen LogP contribution in [-0.4, -0.2) is 17.1 Å². The summed E-state index contributed by atoms with van der Waals surface area (Å²) in [6, 6.07) is 10.5. The predicted octanol–water partition coefficient (Wildman–Crippen LogP) is 3.71. The van der Waals surface area contributed by atoms with Crippen LogP contribution in [0.5, 0.6) is 0 Å². The summed E-state index contributed by atoms with van der Waals surface area (Å²) < 4.78 is 0. The molecular weight excluding hydrogens is 268 g/mol. The average Bonchev–Trinajstić information content (AvgIpc) is 2.38. The summed E-state index contributed by atoms with van der Waals surface area (Å²) in [6.07, 6.45) is 3.56. The first kappa shape index (κ1) is 12.9. The Kier molecular flexibility index (Phi) is 4.23. The van der Waals surface area contributed by atoms with E-state index in [9.17, 15) is 4.79 Å². The van der Waals surface area contributed by atoms with Crippen LogP contribution in [0.25, 0.3) is 0 Å². The Hall–Kier alpha value is -1.52. The third-order valence-electron chi connectivity index (χ3n) is 2.29. The highest BCUT2D eigenvalue weighted by atomic mass is 35.5. The maximum atomic E-state index is 12.1. The van der Waals surface area contributed by atoms with Crippen LogP contribution in [0.2, 0.25) is 5.02 Å². The van der Waals surface area contributed by atoms with Gasteiger partial charge in [-0.1, -0.05) is 17.7 Å². The second kappa shape index (κ2) is 5.89. The van der Waals surface area contributed by atoms with E-state index in [4.69, 9.17) is 11.6 Å². The van der Waals surface area contributed by atoms with Crippen LogP contribution < -0.4 is 5.32 Å². The highest BCUT2D eigenvalue weighted by molar-refractivity contribution is 7.98. The summed E-state index contributed by atoms with van der Waals surface area (Å²) in [5, 5.41) is 4.09. The number of anilines is 1. The van der Waals surface area contributed by atoms with Gasteiger partial charge in [0, 0.05) is 16.9 Å². The molecule has 1 aromatic carbocycles. The number of carbonyl (C=O) groups is 1. The average molecular weight is 279 g/mol. The molecule has 92 valence electrons. The smallest absolute Gasteiger partial charge is 0.258 e. The van der Waals surface area contributed by atoms with Gasteiger partial charge < -0.3 is 5.32 Å². The summed E-state index contributed by atoms with van der Waals surface area (Å²) in [5.41, 5.74) is 1.23. The number of carbonyl (C=O) groups excluding carboxylic acids is 1. The Morgan fingerprint density at radius 3 is 2.89 bits per heavy atom. The third kappa shape index (κ3) is 3.03. The second-order valence-corrected chi connectivity index (χ2v) is 4.76. The summed E-state index contributed by atoms with van der Waals surface area (Å²) in [4.78, 5) is 16.3. The van der Waals surface area contributed by atoms with Gasteiger partial charge in [-0.25, -0.2) is 4.98 Å². The molecule has 0 spiro atoms. The Bertz CT molecular complexity index is 574. The molecule has 0 fully saturated rings. The fraction of sp³-hybridized carbons (Fsp3) is 0.0769. The SMILES string of the molecule is CSc1ncccc1C(=O)Nc1cccc(Cl)c1. The molecule has 2 aromatic rings. The first-order valence-electron chi connectivity index (χ1n) is 5.26. The van der Waals surface area contributed by atoms with Gasteiger partial charge in [0.2, 0.25) is 0 Å². The molecule has 0 saturated heterocycles. The first-order valence-corrected chi connectivity index (χ1v) is 6.87. The minimum Gasteiger partial charge on any atom is -0.322 e. The standard InChI is InChI=1S/C13H11ClN2OS/c1-18-13-11(6-3-7-15-13)12(17)16-10-5-2-4-9(14)8-10/h2-8H,1H3,(H,16,17). The molecule has 0 atom stereocenters. The number of aromatic nitrogens is 1. The van der Waals surface area contributed by atoms with E-state index < -0.39 is 0 Å². The number of nitrogens with one attached hydrogen (secondary N) is 1. The minimum atomic E-state index is -0.185. The van der Waals surface area contributed by atoms with Gasteiger partial charge >= 0.3 is 0 Å². The lowest BCUT2D eigenvalue weighted by Gasteiger charge is -2.07. The molecule has 1 N–H and O–H groups in total. The number of amides is 1. The molecule has 0 bridgehead atoms. The molecule has 1 heterocycles. The Morgan fingerprint density at radius 2 is 2.17 bits per heavy atom. The van der Waals surface area contributed by atoms with E-state index in [0.29, 0.717) is 21.3 Å². The molecule has 0 radical (unpaired) electrons. The largest absolute Gasteiger partial charge is 0.322 e. The highest BCUT2D eigenvalue weighted by Gasteiger charge is 2.11. The third-order valence-corrected chi connectivity index (χ3v) is 3.24. The second-order valence-electron chi connectivity index (χ2n) is 3.52. The summed E-state index contributed by atoms with van der Waals surface area (Å²) in [6.45, 7) is 0. The number of nitrogens with zero attached hydrogens (tertiary/aromatic N) is 1. The summed E-state index contributed by atoms with van der Waals surface area (Å²) in [5.74, 6) is -0.185. The van der Waals surface area contributed by atoms with E-state index >= 15 is 0 Å². The van der Waals surface area contributed by atoms with Crippen molar-refractivity contribution in [2.45, 2.75) is 5.03 Å². The van der Waals surface area contributed by atoms with Gasteiger partial charge in [0.15, 0.2) is 0 Å². The zero-order valence-corrected chi connectivity index (χ0v) is 11.3. The lowest BCUT2D eigenvalue weighted by molar-refractivity contribution is 0.102. The molecule has 0 saturated carbocycles. The fourth-order valence-corrected chi connectivity index (χ4v) is 2.23. The van der Waals surface area contributed by atoms with Crippen LogP contribution in [0.1, 0.15) is 10.4 Å². The van der Waals surface area contributed by atoms with E-state index in [2.05, 4.69) is 10.3 Å². The number of benzene rings is 1. The van der Waals surface area contributed by atoms with Crippen molar-refractivity contribution in [3.05, 3.63) is 53.2 Å². The molecule has 18 heavy (non-hydrogen) atoms. The lowest BCUT2D eigenvalue weighted by atomic mass is 10.2. The first-order chi connectivity index (χ1) is 8.70. The van der Waals surface area contributed by atoms with E-state index in [1.165, 1.54) is 11.8 Å². The van der Waals surface area contributed by atoms with Crippen molar-refractivity contribution in [2.24, 2.45) is 0 Å². The van der Waals surface area contributed by atoms with Gasteiger partial charge in [-0.2, -0.15) is 0 Å². The zero-order valence-electron chi connectivity index (χ0n) is 9.68.